The van der Waals surface area contributed by atoms with E-state index < -0.39 is 5.97 Å². The molecule has 1 aromatic carbocycles. The summed E-state index contributed by atoms with van der Waals surface area (Å²) in [6.07, 6.45) is 0.128. The average molecular weight is 290 g/mol. The molecule has 0 aliphatic carbocycles. The molecule has 0 aromatic heterocycles. The lowest BCUT2D eigenvalue weighted by Crippen LogP contribution is -2.32. The summed E-state index contributed by atoms with van der Waals surface area (Å²) in [5.41, 5.74) is 0.958. The van der Waals surface area contributed by atoms with E-state index >= 15 is 0 Å². The molecule has 18 heavy (non-hydrogen) atoms. The Balaban J connectivity index is 2.73. The molecular weight excluding hydrogens is 273 g/mol. The highest BCUT2D eigenvalue weighted by Gasteiger charge is 2.13. The largest absolute Gasteiger partial charge is 0.481 e. The van der Waals surface area contributed by atoms with Crippen LogP contribution in [0.15, 0.2) is 18.2 Å². The number of rotatable bonds is 6. The molecule has 5 heteroatoms. The zero-order chi connectivity index (χ0) is 13.7. The van der Waals surface area contributed by atoms with Crippen LogP contribution in [0.2, 0.25) is 10.0 Å². The number of nitrogens with zero attached hydrogens (tertiary/aromatic N) is 1. The Labute approximate surface area is 117 Å². The van der Waals surface area contributed by atoms with Gasteiger partial charge in [0.2, 0.25) is 0 Å². The van der Waals surface area contributed by atoms with Gasteiger partial charge in [0.1, 0.15) is 0 Å². The van der Waals surface area contributed by atoms with E-state index in [0.717, 1.165) is 5.56 Å². The molecule has 1 rings (SSSR count). The van der Waals surface area contributed by atoms with E-state index in [0.29, 0.717) is 23.1 Å². The van der Waals surface area contributed by atoms with Crippen LogP contribution < -0.4 is 0 Å². The van der Waals surface area contributed by atoms with Gasteiger partial charge in [0.15, 0.2) is 0 Å². The van der Waals surface area contributed by atoms with Crippen LogP contribution in [-0.2, 0) is 11.3 Å². The minimum Gasteiger partial charge on any atom is -0.481 e. The molecule has 0 saturated carbocycles. The highest BCUT2D eigenvalue weighted by molar-refractivity contribution is 6.35. The van der Waals surface area contributed by atoms with Gasteiger partial charge in [-0.2, -0.15) is 0 Å². The van der Waals surface area contributed by atoms with Crippen LogP contribution in [0.1, 0.15) is 25.8 Å². The third kappa shape index (κ3) is 4.84. The average Bonchev–Trinajstić information content (AvgIpc) is 2.26. The number of carboxylic acids is 1. The molecule has 100 valence electrons. The molecule has 0 saturated heterocycles. The summed E-state index contributed by atoms with van der Waals surface area (Å²) in [4.78, 5) is 12.7. The quantitative estimate of drug-likeness (QED) is 0.868. The maximum atomic E-state index is 10.6. The van der Waals surface area contributed by atoms with E-state index in [-0.39, 0.29) is 12.5 Å². The van der Waals surface area contributed by atoms with E-state index in [1.165, 1.54) is 0 Å². The Morgan fingerprint density at radius 1 is 1.39 bits per heavy atom. The van der Waals surface area contributed by atoms with Crippen molar-refractivity contribution in [3.8, 4) is 0 Å². The molecule has 0 aliphatic rings. The maximum Gasteiger partial charge on any atom is 0.304 e. The predicted molar refractivity (Wildman–Crippen MR) is 74.3 cm³/mol. The van der Waals surface area contributed by atoms with Crippen molar-refractivity contribution in [1.82, 2.24) is 4.90 Å². The smallest absolute Gasteiger partial charge is 0.304 e. The van der Waals surface area contributed by atoms with Gasteiger partial charge in [0, 0.05) is 29.2 Å². The van der Waals surface area contributed by atoms with Gasteiger partial charge in [0.25, 0.3) is 0 Å². The van der Waals surface area contributed by atoms with Crippen molar-refractivity contribution in [1.29, 1.82) is 0 Å². The summed E-state index contributed by atoms with van der Waals surface area (Å²) >= 11 is 12.0. The van der Waals surface area contributed by atoms with Gasteiger partial charge < -0.3 is 5.11 Å². The summed E-state index contributed by atoms with van der Waals surface area (Å²) in [7, 11) is 0. The van der Waals surface area contributed by atoms with Crippen molar-refractivity contribution in [3.05, 3.63) is 33.8 Å². The van der Waals surface area contributed by atoms with E-state index in [1.807, 2.05) is 19.9 Å². The zero-order valence-electron chi connectivity index (χ0n) is 10.5. The Morgan fingerprint density at radius 2 is 2.06 bits per heavy atom. The third-order valence-corrected chi connectivity index (χ3v) is 3.32. The fourth-order valence-corrected chi connectivity index (χ4v) is 2.10. The van der Waals surface area contributed by atoms with Crippen molar-refractivity contribution in [2.45, 2.75) is 32.9 Å². The van der Waals surface area contributed by atoms with Crippen molar-refractivity contribution >= 4 is 29.2 Å². The molecule has 0 radical (unpaired) electrons. The first kappa shape index (κ1) is 15.3. The van der Waals surface area contributed by atoms with Crippen molar-refractivity contribution in [2.75, 3.05) is 6.54 Å². The second kappa shape index (κ2) is 6.98. The highest BCUT2D eigenvalue weighted by Crippen LogP contribution is 2.23. The van der Waals surface area contributed by atoms with Gasteiger partial charge in [-0.15, -0.1) is 0 Å². The lowest BCUT2D eigenvalue weighted by atomic mass is 10.1. The summed E-state index contributed by atoms with van der Waals surface area (Å²) in [5.74, 6) is -0.789. The molecule has 0 bridgehead atoms. The first-order valence-electron chi connectivity index (χ1n) is 5.80. The monoisotopic (exact) mass is 289 g/mol. The Kier molecular flexibility index (Phi) is 5.93. The van der Waals surface area contributed by atoms with Crippen LogP contribution in [0.4, 0.5) is 0 Å². The van der Waals surface area contributed by atoms with Gasteiger partial charge >= 0.3 is 5.97 Å². The van der Waals surface area contributed by atoms with Crippen molar-refractivity contribution in [2.24, 2.45) is 0 Å². The first-order valence-corrected chi connectivity index (χ1v) is 6.55. The molecule has 1 aromatic rings. The summed E-state index contributed by atoms with van der Waals surface area (Å²) in [6.45, 7) is 5.20. The number of aliphatic carboxylic acids is 1. The molecule has 1 N–H and O–H groups in total. The van der Waals surface area contributed by atoms with Crippen molar-refractivity contribution < 1.29 is 9.90 Å². The number of carboxylic acid groups (broad SMARTS) is 1. The van der Waals surface area contributed by atoms with Crippen LogP contribution in [0.5, 0.6) is 0 Å². The molecular formula is C13H17Cl2NO2. The van der Waals surface area contributed by atoms with E-state index in [1.54, 1.807) is 12.1 Å². The number of carbonyl (C=O) groups is 1. The predicted octanol–water partition coefficient (Wildman–Crippen LogP) is 3.68. The molecule has 0 spiro atoms. The summed E-state index contributed by atoms with van der Waals surface area (Å²) in [6, 6.07) is 5.63. The van der Waals surface area contributed by atoms with Crippen LogP contribution in [0, 0.1) is 0 Å². The molecule has 3 nitrogen and oxygen atoms in total. The molecule has 0 atom stereocenters. The summed E-state index contributed by atoms with van der Waals surface area (Å²) in [5, 5.41) is 9.95. The number of benzene rings is 1. The van der Waals surface area contributed by atoms with Gasteiger partial charge in [0.05, 0.1) is 6.42 Å². The van der Waals surface area contributed by atoms with Gasteiger partial charge in [-0.3, -0.25) is 9.69 Å². The first-order chi connectivity index (χ1) is 8.40. The lowest BCUT2D eigenvalue weighted by molar-refractivity contribution is -0.137. The van der Waals surface area contributed by atoms with E-state index in [9.17, 15) is 4.79 Å². The maximum absolute atomic E-state index is 10.6. The second-order valence-corrected chi connectivity index (χ2v) is 5.29. The fraction of sp³-hybridized carbons (Fsp3) is 0.462. The van der Waals surface area contributed by atoms with Gasteiger partial charge in [-0.25, -0.2) is 0 Å². The SMILES string of the molecule is CC(C)N(CCC(=O)O)Cc1ccc(Cl)cc1Cl. The minimum atomic E-state index is -0.789. The van der Waals surface area contributed by atoms with Gasteiger partial charge in [-0.05, 0) is 31.5 Å². The van der Waals surface area contributed by atoms with Crippen LogP contribution in [0.25, 0.3) is 0 Å². The van der Waals surface area contributed by atoms with Crippen molar-refractivity contribution in [3.63, 3.8) is 0 Å². The highest BCUT2D eigenvalue weighted by atomic mass is 35.5. The van der Waals surface area contributed by atoms with Crippen LogP contribution in [0.3, 0.4) is 0 Å². The van der Waals surface area contributed by atoms with E-state index in [2.05, 4.69) is 4.90 Å². The molecule has 0 fully saturated rings. The van der Waals surface area contributed by atoms with Crippen LogP contribution >= 0.6 is 23.2 Å². The summed E-state index contributed by atoms with van der Waals surface area (Å²) < 4.78 is 0. The van der Waals surface area contributed by atoms with Gasteiger partial charge in [-0.1, -0.05) is 29.3 Å². The zero-order valence-corrected chi connectivity index (χ0v) is 12.0. The molecule has 0 aliphatic heterocycles. The normalized spacial score (nSPS) is 11.2. The Morgan fingerprint density at radius 3 is 2.56 bits per heavy atom. The number of hydrogen-bond donors (Lipinski definition) is 1. The number of hydrogen-bond acceptors (Lipinski definition) is 2. The van der Waals surface area contributed by atoms with Crippen LogP contribution in [-0.4, -0.2) is 28.6 Å². The lowest BCUT2D eigenvalue weighted by Gasteiger charge is -2.26. The third-order valence-electron chi connectivity index (χ3n) is 2.73. The molecule has 0 unspecified atom stereocenters. The minimum absolute atomic E-state index is 0.128. The molecule has 0 heterocycles. The second-order valence-electron chi connectivity index (χ2n) is 4.44. The van der Waals surface area contributed by atoms with E-state index in [4.69, 9.17) is 28.3 Å². The standard InChI is InChI=1S/C13H17Cl2NO2/c1-9(2)16(6-5-13(17)18)8-10-3-4-11(14)7-12(10)15/h3-4,7,9H,5-6,8H2,1-2H3,(H,17,18). The topological polar surface area (TPSA) is 40.5 Å². The fourth-order valence-electron chi connectivity index (χ4n) is 1.63. The molecule has 0 amide bonds. The Bertz CT molecular complexity index is 421. The number of halogens is 2. The Hall–Kier alpha value is -0.770.